The molecule has 3 aromatic heterocycles. The molecule has 5 rings (SSSR count). The number of aliphatic carboxylic acids is 1. The molecule has 0 aliphatic carbocycles. The smallest absolute Gasteiger partial charge is 0.657 e. The molecule has 0 unspecified atom stereocenters. The molecule has 2 aliphatic rings. The fourth-order valence-electron chi connectivity index (χ4n) is 5.96. The summed E-state index contributed by atoms with van der Waals surface area (Å²) in [5.74, 6) is -0.889. The van der Waals surface area contributed by atoms with Crippen molar-refractivity contribution in [3.05, 3.63) is 95.6 Å². The molecule has 9 heteroatoms. The molecule has 2 aliphatic heterocycles. The van der Waals surface area contributed by atoms with Crippen LogP contribution in [0.1, 0.15) is 78.1 Å². The largest absolute Gasteiger partial charge is 3.00 e. The van der Waals surface area contributed by atoms with E-state index in [0.717, 1.165) is 72.5 Å². The first-order chi connectivity index (χ1) is 20.4. The molecule has 0 fully saturated rings. The number of carboxylic acid groups (broad SMARTS) is 1. The Morgan fingerprint density at radius 1 is 0.909 bits per heavy atom. The third-order valence-corrected chi connectivity index (χ3v) is 8.47. The first kappa shape index (κ1) is 32.8. The molecule has 3 N–H and O–H groups in total. The number of hydrogen-bond donors (Lipinski definition) is 3. The van der Waals surface area contributed by atoms with E-state index < -0.39 is 12.3 Å². The number of aliphatic hydroxyl groups excluding tert-OH is 1. The number of hydrogen-bond acceptors (Lipinski definition) is 5. The van der Waals surface area contributed by atoms with Gasteiger partial charge in [-0.25, -0.2) is 9.97 Å². The SMILES string of the molecule is C=CC1=C(C)c2cc3c(C)c(CCC(O)O)c(cc4nc(cc5[n-]c(cc1n2)c(C)c5C=C)C(C)=C4CCC(=O)O)n3[CH2-].[Fe+3]. The van der Waals surface area contributed by atoms with Gasteiger partial charge in [-0.2, -0.15) is 0 Å². The van der Waals surface area contributed by atoms with Gasteiger partial charge in [0.25, 0.3) is 0 Å². The van der Waals surface area contributed by atoms with Crippen LogP contribution in [0.25, 0.3) is 50.4 Å². The molecule has 1 radical (unpaired) electrons. The Morgan fingerprint density at radius 2 is 1.55 bits per heavy atom. The molecule has 227 valence electrons. The van der Waals surface area contributed by atoms with Gasteiger partial charge in [-0.15, -0.1) is 18.1 Å². The Bertz CT molecular complexity index is 1920. The first-order valence-electron chi connectivity index (χ1n) is 14.2. The van der Waals surface area contributed by atoms with Crippen LogP contribution in [0.3, 0.4) is 0 Å². The van der Waals surface area contributed by atoms with Crippen LogP contribution in [-0.2, 0) is 28.3 Å². The van der Waals surface area contributed by atoms with Crippen molar-refractivity contribution in [2.24, 2.45) is 0 Å². The summed E-state index contributed by atoms with van der Waals surface area (Å²) < 4.78 is 1.82. The van der Waals surface area contributed by atoms with E-state index in [-0.39, 0.29) is 29.9 Å². The van der Waals surface area contributed by atoms with Crippen molar-refractivity contribution >= 4 is 56.4 Å². The Kier molecular flexibility index (Phi) is 9.56. The van der Waals surface area contributed by atoms with E-state index in [2.05, 4.69) is 20.2 Å². The van der Waals surface area contributed by atoms with Crippen molar-refractivity contribution in [3.63, 3.8) is 0 Å². The maximum Gasteiger partial charge on any atom is 3.00 e. The van der Waals surface area contributed by atoms with E-state index in [4.69, 9.17) is 15.0 Å². The molecule has 3 aromatic rings. The molecule has 0 aromatic carbocycles. The second-order valence-electron chi connectivity index (χ2n) is 11.0. The summed E-state index contributed by atoms with van der Waals surface area (Å²) in [5, 5.41) is 28.9. The van der Waals surface area contributed by atoms with Gasteiger partial charge in [0.2, 0.25) is 0 Å². The van der Waals surface area contributed by atoms with E-state index in [1.54, 1.807) is 12.2 Å². The minimum absolute atomic E-state index is 0. The molecular weight excluding hydrogens is 596 g/mol. The quantitative estimate of drug-likeness (QED) is 0.148. The van der Waals surface area contributed by atoms with E-state index >= 15 is 0 Å². The van der Waals surface area contributed by atoms with E-state index in [1.807, 2.05) is 56.5 Å². The summed E-state index contributed by atoms with van der Waals surface area (Å²) in [6.45, 7) is 16.0. The zero-order valence-corrected chi connectivity index (χ0v) is 26.5. The van der Waals surface area contributed by atoms with Gasteiger partial charge in [0.1, 0.15) is 0 Å². The number of rotatable bonds is 8. The van der Waals surface area contributed by atoms with Crippen molar-refractivity contribution in [3.8, 4) is 0 Å². The average molecular weight is 633 g/mol. The van der Waals surface area contributed by atoms with Crippen LogP contribution in [0.4, 0.5) is 0 Å². The average Bonchev–Trinajstić information content (AvgIpc) is 3.59. The van der Waals surface area contributed by atoms with E-state index in [1.165, 1.54) is 0 Å². The molecule has 0 amide bonds. The van der Waals surface area contributed by atoms with Crippen LogP contribution in [0.5, 0.6) is 0 Å². The second-order valence-corrected chi connectivity index (χ2v) is 11.0. The Labute approximate surface area is 267 Å². The normalized spacial score (nSPS) is 13.0. The molecular formula is C35H36FeN4O4+. The molecule has 8 bridgehead atoms. The summed E-state index contributed by atoms with van der Waals surface area (Å²) in [6.07, 6.45) is 2.94. The van der Waals surface area contributed by atoms with Gasteiger partial charge in [-0.3, -0.25) is 4.79 Å². The zero-order chi connectivity index (χ0) is 31.2. The zero-order valence-electron chi connectivity index (χ0n) is 25.4. The third kappa shape index (κ3) is 5.84. The van der Waals surface area contributed by atoms with Gasteiger partial charge in [0.05, 0.1) is 22.8 Å². The van der Waals surface area contributed by atoms with Crippen LogP contribution < -0.4 is 4.98 Å². The predicted octanol–water partition coefficient (Wildman–Crippen LogP) is 6.47. The van der Waals surface area contributed by atoms with E-state index in [0.29, 0.717) is 29.7 Å². The van der Waals surface area contributed by atoms with Crippen LogP contribution >= 0.6 is 0 Å². The van der Waals surface area contributed by atoms with Gasteiger partial charge in [-0.1, -0.05) is 84.2 Å². The summed E-state index contributed by atoms with van der Waals surface area (Å²) in [5.41, 5.74) is 13.2. The molecule has 5 heterocycles. The van der Waals surface area contributed by atoms with Crippen LogP contribution in [-0.4, -0.2) is 42.1 Å². The monoisotopic (exact) mass is 632 g/mol. The number of aromatic nitrogens is 4. The Balaban J connectivity index is 0.00000442. The maximum atomic E-state index is 11.6. The summed E-state index contributed by atoms with van der Waals surface area (Å²) in [6, 6.07) is 7.80. The van der Waals surface area contributed by atoms with Crippen molar-refractivity contribution in [1.29, 1.82) is 0 Å². The number of aliphatic hydroxyl groups is 2. The first-order valence-corrected chi connectivity index (χ1v) is 14.2. The van der Waals surface area contributed by atoms with Gasteiger partial charge in [0.15, 0.2) is 6.29 Å². The minimum atomic E-state index is -1.46. The van der Waals surface area contributed by atoms with Crippen molar-refractivity contribution in [1.82, 2.24) is 19.5 Å². The number of aryl methyl sites for hydroxylation is 3. The van der Waals surface area contributed by atoms with Crippen LogP contribution in [0.2, 0.25) is 0 Å². The number of carbonyl (C=O) groups is 1. The Hall–Kier alpha value is -4.14. The topological polar surface area (TPSA) is 123 Å². The van der Waals surface area contributed by atoms with Gasteiger partial charge >= 0.3 is 23.0 Å². The summed E-state index contributed by atoms with van der Waals surface area (Å²) in [4.78, 5) is 26.5. The number of allylic oxidation sites excluding steroid dienone is 5. The predicted molar refractivity (Wildman–Crippen MR) is 173 cm³/mol. The fraction of sp³-hybridized carbons (Fsp3) is 0.257. The standard InChI is InChI=1S/C35H37N4O4.Fe/c1-8-22-18(3)26-14-30-23(9-2)19(4)28(38-30)16-32-21(6)25(11-13-35(42)43)33(39(32)7)17-31-24(10-12-34(40)41)20(5)27(37-31)15-29(22)36-26;/h8-9,14-17,35,42-43H,1-2,7,10-13H2,3-6H3,(H2,36,37,38,40,41);/q-1;+3/p-1. The van der Waals surface area contributed by atoms with Crippen molar-refractivity contribution in [2.75, 3.05) is 0 Å². The molecule has 0 saturated carbocycles. The summed E-state index contributed by atoms with van der Waals surface area (Å²) in [7, 11) is 4.37. The van der Waals surface area contributed by atoms with Crippen molar-refractivity contribution in [2.45, 2.75) is 59.7 Å². The van der Waals surface area contributed by atoms with Crippen molar-refractivity contribution < 1.29 is 37.2 Å². The minimum Gasteiger partial charge on any atom is -0.657 e. The molecule has 0 saturated heterocycles. The number of nitrogens with zero attached hydrogens (tertiary/aromatic N) is 4. The van der Waals surface area contributed by atoms with Crippen LogP contribution in [0.15, 0.2) is 43.5 Å². The number of fused-ring (bicyclic) bond motifs is 8. The molecule has 0 spiro atoms. The van der Waals surface area contributed by atoms with Crippen LogP contribution in [0, 0.1) is 20.9 Å². The van der Waals surface area contributed by atoms with Gasteiger partial charge < -0.3 is 24.9 Å². The van der Waals surface area contributed by atoms with Gasteiger partial charge in [-0.05, 0) is 55.9 Å². The molecule has 0 atom stereocenters. The molecule has 44 heavy (non-hydrogen) atoms. The number of carboxylic acids is 1. The third-order valence-electron chi connectivity index (χ3n) is 8.47. The Morgan fingerprint density at radius 3 is 2.18 bits per heavy atom. The second kappa shape index (κ2) is 12.8. The van der Waals surface area contributed by atoms with Gasteiger partial charge in [0, 0.05) is 18.4 Å². The molecule has 8 nitrogen and oxygen atoms in total. The fourth-order valence-corrected chi connectivity index (χ4v) is 5.96. The van der Waals surface area contributed by atoms with E-state index in [9.17, 15) is 20.1 Å². The maximum absolute atomic E-state index is 11.6. The summed E-state index contributed by atoms with van der Waals surface area (Å²) >= 11 is 0.